The number of halogens is 4. The zero-order chi connectivity index (χ0) is 14.7. The van der Waals surface area contributed by atoms with E-state index in [4.69, 9.17) is 0 Å². The summed E-state index contributed by atoms with van der Waals surface area (Å²) >= 11 is 3.11. The molecule has 1 saturated heterocycles. The molecule has 1 aromatic rings. The third-order valence-corrected chi connectivity index (χ3v) is 4.32. The number of fused-ring (bicyclic) bond motifs is 3. The number of carbonyl (C=O) groups excluding carboxylic acids is 1. The highest BCUT2D eigenvalue weighted by molar-refractivity contribution is 9.10. The minimum Gasteiger partial charge on any atom is -0.329 e. The Morgan fingerprint density at radius 3 is 2.75 bits per heavy atom. The minimum atomic E-state index is -4.53. The first-order chi connectivity index (χ1) is 9.30. The van der Waals surface area contributed by atoms with Gasteiger partial charge in [-0.2, -0.15) is 13.2 Å². The van der Waals surface area contributed by atoms with Gasteiger partial charge in [0.1, 0.15) is 0 Å². The van der Waals surface area contributed by atoms with E-state index in [1.54, 1.807) is 6.07 Å². The molecule has 0 spiro atoms. The van der Waals surface area contributed by atoms with Gasteiger partial charge in [-0.1, -0.05) is 15.9 Å². The molecular weight excluding hydrogens is 337 g/mol. The van der Waals surface area contributed by atoms with Crippen LogP contribution in [0.3, 0.4) is 0 Å². The molecule has 0 radical (unpaired) electrons. The molecule has 0 saturated carbocycles. The maximum atomic E-state index is 13.2. The first-order valence-corrected chi connectivity index (χ1v) is 7.05. The molecule has 108 valence electrons. The summed E-state index contributed by atoms with van der Waals surface area (Å²) in [7, 11) is 0. The Bertz CT molecular complexity index is 588. The van der Waals surface area contributed by atoms with Crippen LogP contribution in [-0.4, -0.2) is 29.9 Å². The van der Waals surface area contributed by atoms with Gasteiger partial charge in [0, 0.05) is 23.6 Å². The predicted octanol–water partition coefficient (Wildman–Crippen LogP) is 2.96. The summed E-state index contributed by atoms with van der Waals surface area (Å²) in [5.74, 6) is -0.516. The van der Waals surface area contributed by atoms with Crippen molar-refractivity contribution in [3.63, 3.8) is 0 Å². The lowest BCUT2D eigenvalue weighted by molar-refractivity contribution is -0.138. The number of carbonyl (C=O) groups is 1. The standard InChI is InChI=1S/C13H12BrF3N2O/c1-6-11-8-4-7(14)5-9(13(15,16)17)10(8)12(20)19(11)3-2-18-6/h4-6,11,18H,2-3H2,1H3/t6-,11-/m0/s1. The van der Waals surface area contributed by atoms with Gasteiger partial charge >= 0.3 is 6.18 Å². The second-order valence-electron chi connectivity index (χ2n) is 5.10. The number of alkyl halides is 3. The van der Waals surface area contributed by atoms with Crippen molar-refractivity contribution in [3.05, 3.63) is 33.3 Å². The van der Waals surface area contributed by atoms with E-state index in [-0.39, 0.29) is 17.6 Å². The molecular formula is C13H12BrF3N2O. The highest BCUT2D eigenvalue weighted by atomic mass is 79.9. The molecule has 1 N–H and O–H groups in total. The molecule has 2 heterocycles. The third-order valence-electron chi connectivity index (χ3n) is 3.86. The smallest absolute Gasteiger partial charge is 0.329 e. The average Bonchev–Trinajstić information content (AvgIpc) is 2.62. The van der Waals surface area contributed by atoms with Crippen molar-refractivity contribution in [1.82, 2.24) is 10.2 Å². The van der Waals surface area contributed by atoms with E-state index in [0.29, 0.717) is 23.1 Å². The van der Waals surface area contributed by atoms with Gasteiger partial charge in [0.2, 0.25) is 0 Å². The molecule has 0 bridgehead atoms. The van der Waals surface area contributed by atoms with Crippen LogP contribution in [0.4, 0.5) is 13.2 Å². The fraction of sp³-hybridized carbons (Fsp3) is 0.462. The van der Waals surface area contributed by atoms with E-state index in [1.807, 2.05) is 6.92 Å². The third kappa shape index (κ3) is 1.95. The van der Waals surface area contributed by atoms with Crippen molar-refractivity contribution >= 4 is 21.8 Å². The number of nitrogens with zero attached hydrogens (tertiary/aromatic N) is 1. The zero-order valence-corrected chi connectivity index (χ0v) is 12.2. The Labute approximate surface area is 122 Å². The van der Waals surface area contributed by atoms with Gasteiger partial charge in [-0.25, -0.2) is 0 Å². The van der Waals surface area contributed by atoms with E-state index in [1.165, 1.54) is 4.90 Å². The molecule has 0 aromatic heterocycles. The SMILES string of the molecule is C[C@@H]1NCCN2C(=O)c3c(cc(Br)cc3C(F)(F)F)[C@H]12. The number of hydrogen-bond donors (Lipinski definition) is 1. The molecule has 2 aliphatic rings. The summed E-state index contributed by atoms with van der Waals surface area (Å²) in [5, 5.41) is 3.20. The largest absolute Gasteiger partial charge is 0.417 e. The summed E-state index contributed by atoms with van der Waals surface area (Å²) in [6.45, 7) is 2.91. The highest BCUT2D eigenvalue weighted by Crippen LogP contribution is 2.44. The molecule has 20 heavy (non-hydrogen) atoms. The second-order valence-corrected chi connectivity index (χ2v) is 6.02. The lowest BCUT2D eigenvalue weighted by Crippen LogP contribution is -2.50. The predicted molar refractivity (Wildman–Crippen MR) is 70.4 cm³/mol. The molecule has 1 fully saturated rings. The van der Waals surface area contributed by atoms with Gasteiger partial charge in [0.15, 0.2) is 0 Å². The number of rotatable bonds is 0. The van der Waals surface area contributed by atoms with Gasteiger partial charge in [-0.3, -0.25) is 4.79 Å². The molecule has 7 heteroatoms. The number of benzene rings is 1. The summed E-state index contributed by atoms with van der Waals surface area (Å²) < 4.78 is 39.8. The summed E-state index contributed by atoms with van der Waals surface area (Å²) in [6.07, 6.45) is -4.53. The maximum absolute atomic E-state index is 13.2. The van der Waals surface area contributed by atoms with E-state index in [2.05, 4.69) is 21.2 Å². The van der Waals surface area contributed by atoms with Crippen LogP contribution in [0.25, 0.3) is 0 Å². The Kier molecular flexibility index (Phi) is 3.10. The molecule has 3 nitrogen and oxygen atoms in total. The lowest BCUT2D eigenvalue weighted by atomic mass is 9.95. The Morgan fingerprint density at radius 2 is 2.10 bits per heavy atom. The molecule has 0 aliphatic carbocycles. The van der Waals surface area contributed by atoms with E-state index in [0.717, 1.165) is 6.07 Å². The number of amides is 1. The van der Waals surface area contributed by atoms with E-state index >= 15 is 0 Å². The van der Waals surface area contributed by atoms with E-state index < -0.39 is 17.6 Å². The van der Waals surface area contributed by atoms with Crippen LogP contribution in [0.5, 0.6) is 0 Å². The van der Waals surface area contributed by atoms with Crippen LogP contribution < -0.4 is 5.32 Å². The fourth-order valence-electron chi connectivity index (χ4n) is 3.07. The van der Waals surface area contributed by atoms with Crippen molar-refractivity contribution in [2.45, 2.75) is 25.2 Å². The van der Waals surface area contributed by atoms with Crippen LogP contribution in [0.15, 0.2) is 16.6 Å². The van der Waals surface area contributed by atoms with Crippen LogP contribution in [0.2, 0.25) is 0 Å². The highest BCUT2D eigenvalue weighted by Gasteiger charge is 2.47. The Morgan fingerprint density at radius 1 is 1.40 bits per heavy atom. The molecule has 1 amide bonds. The van der Waals surface area contributed by atoms with Crippen molar-refractivity contribution in [3.8, 4) is 0 Å². The van der Waals surface area contributed by atoms with Crippen molar-refractivity contribution in [1.29, 1.82) is 0 Å². The van der Waals surface area contributed by atoms with Gasteiger partial charge in [-0.15, -0.1) is 0 Å². The Balaban J connectivity index is 2.23. The van der Waals surface area contributed by atoms with Gasteiger partial charge in [0.05, 0.1) is 17.2 Å². The molecule has 1 aromatic carbocycles. The summed E-state index contributed by atoms with van der Waals surface area (Å²) in [4.78, 5) is 13.9. The molecule has 3 rings (SSSR count). The normalized spacial score (nSPS) is 25.6. The fourth-order valence-corrected chi connectivity index (χ4v) is 3.54. The minimum absolute atomic E-state index is 0.0654. The van der Waals surface area contributed by atoms with Crippen LogP contribution in [0, 0.1) is 0 Å². The Hall–Kier alpha value is -1.08. The van der Waals surface area contributed by atoms with Crippen LogP contribution in [-0.2, 0) is 6.18 Å². The van der Waals surface area contributed by atoms with Crippen LogP contribution in [0.1, 0.15) is 34.5 Å². The van der Waals surface area contributed by atoms with Crippen LogP contribution >= 0.6 is 15.9 Å². The summed E-state index contributed by atoms with van der Waals surface area (Å²) in [6, 6.07) is 2.21. The first kappa shape index (κ1) is 13.9. The molecule has 2 atom stereocenters. The number of nitrogens with one attached hydrogen (secondary N) is 1. The van der Waals surface area contributed by atoms with E-state index in [9.17, 15) is 18.0 Å². The van der Waals surface area contributed by atoms with Gasteiger partial charge < -0.3 is 10.2 Å². The lowest BCUT2D eigenvalue weighted by Gasteiger charge is -2.36. The monoisotopic (exact) mass is 348 g/mol. The number of hydrogen-bond acceptors (Lipinski definition) is 2. The first-order valence-electron chi connectivity index (χ1n) is 6.25. The summed E-state index contributed by atoms with van der Waals surface area (Å²) in [5.41, 5.74) is -0.592. The zero-order valence-electron chi connectivity index (χ0n) is 10.6. The average molecular weight is 349 g/mol. The van der Waals surface area contributed by atoms with Crippen molar-refractivity contribution in [2.24, 2.45) is 0 Å². The van der Waals surface area contributed by atoms with Gasteiger partial charge in [-0.05, 0) is 24.6 Å². The second kappa shape index (κ2) is 4.46. The van der Waals surface area contributed by atoms with Gasteiger partial charge in [0.25, 0.3) is 5.91 Å². The quantitative estimate of drug-likeness (QED) is 0.781. The topological polar surface area (TPSA) is 32.3 Å². The van der Waals surface area contributed by atoms with Crippen molar-refractivity contribution < 1.29 is 18.0 Å². The molecule has 0 unspecified atom stereocenters. The van der Waals surface area contributed by atoms with Crippen molar-refractivity contribution in [2.75, 3.05) is 13.1 Å². The maximum Gasteiger partial charge on any atom is 0.417 e. The molecule has 2 aliphatic heterocycles. The number of piperazine rings is 1.